The number of rotatable bonds is 7. The average molecular weight is 308 g/mol. The van der Waals surface area contributed by atoms with Gasteiger partial charge in [0.2, 0.25) is 5.88 Å². The van der Waals surface area contributed by atoms with Gasteiger partial charge < -0.3 is 14.8 Å². The van der Waals surface area contributed by atoms with Gasteiger partial charge in [0.15, 0.2) is 0 Å². The molecule has 0 bridgehead atoms. The first-order chi connectivity index (χ1) is 10.2. The molecule has 2 rings (SSSR count). The summed E-state index contributed by atoms with van der Waals surface area (Å²) in [6.45, 7) is 3.19. The fraction of sp³-hybridized carbons (Fsp3) is 0.333. The number of aromatic nitrogens is 2. The van der Waals surface area contributed by atoms with Gasteiger partial charge in [-0.1, -0.05) is 24.6 Å². The van der Waals surface area contributed by atoms with Crippen LogP contribution in [0.5, 0.6) is 11.6 Å². The van der Waals surface area contributed by atoms with Gasteiger partial charge in [-0.2, -0.15) is 0 Å². The summed E-state index contributed by atoms with van der Waals surface area (Å²) in [6, 6.07) is 7.32. The van der Waals surface area contributed by atoms with Crippen molar-refractivity contribution in [3.05, 3.63) is 41.2 Å². The quantitative estimate of drug-likeness (QED) is 0.848. The highest BCUT2D eigenvalue weighted by Crippen LogP contribution is 2.27. The minimum Gasteiger partial charge on any atom is -0.496 e. The molecule has 5 nitrogen and oxygen atoms in total. The molecule has 0 saturated heterocycles. The third-order valence-corrected chi connectivity index (χ3v) is 3.19. The molecule has 0 spiro atoms. The maximum atomic E-state index is 6.20. The maximum Gasteiger partial charge on any atom is 0.218 e. The fourth-order valence-electron chi connectivity index (χ4n) is 1.80. The summed E-state index contributed by atoms with van der Waals surface area (Å²) >= 11 is 6.20. The molecule has 0 saturated carbocycles. The van der Waals surface area contributed by atoms with Crippen LogP contribution in [0.4, 0.5) is 5.82 Å². The Hall–Kier alpha value is -2.01. The molecule has 0 aliphatic heterocycles. The highest BCUT2D eigenvalue weighted by Gasteiger charge is 2.08. The van der Waals surface area contributed by atoms with E-state index in [-0.39, 0.29) is 0 Å². The molecule has 1 N–H and O–H groups in total. The number of halogens is 1. The van der Waals surface area contributed by atoms with Crippen LogP contribution in [-0.4, -0.2) is 23.7 Å². The monoisotopic (exact) mass is 307 g/mol. The van der Waals surface area contributed by atoms with Crippen LogP contribution in [0.15, 0.2) is 30.6 Å². The molecule has 0 amide bonds. The number of hydrogen-bond acceptors (Lipinski definition) is 5. The van der Waals surface area contributed by atoms with E-state index in [0.29, 0.717) is 29.9 Å². The Balaban J connectivity index is 2.06. The van der Waals surface area contributed by atoms with Crippen molar-refractivity contribution in [1.82, 2.24) is 9.97 Å². The second kappa shape index (κ2) is 7.69. The topological polar surface area (TPSA) is 56.3 Å². The molecule has 112 valence electrons. The Labute approximate surface area is 129 Å². The summed E-state index contributed by atoms with van der Waals surface area (Å²) in [4.78, 5) is 8.22. The second-order valence-electron chi connectivity index (χ2n) is 4.36. The van der Waals surface area contributed by atoms with Gasteiger partial charge in [0.1, 0.15) is 17.9 Å². The van der Waals surface area contributed by atoms with Gasteiger partial charge in [0, 0.05) is 23.2 Å². The van der Waals surface area contributed by atoms with Gasteiger partial charge in [-0.15, -0.1) is 0 Å². The van der Waals surface area contributed by atoms with Crippen molar-refractivity contribution in [3.63, 3.8) is 0 Å². The number of nitrogens with one attached hydrogen (secondary N) is 1. The lowest BCUT2D eigenvalue weighted by molar-refractivity contribution is 0.305. The largest absolute Gasteiger partial charge is 0.496 e. The molecule has 2 aromatic rings. The van der Waals surface area contributed by atoms with Gasteiger partial charge in [-0.3, -0.25) is 0 Å². The SMILES string of the molecule is CCCOc1cc(NCc2c(Cl)cccc2OC)ncn1. The van der Waals surface area contributed by atoms with Crippen LogP contribution in [0.25, 0.3) is 0 Å². The summed E-state index contributed by atoms with van der Waals surface area (Å²) in [6.07, 6.45) is 2.40. The first-order valence-electron chi connectivity index (χ1n) is 6.74. The Morgan fingerprint density at radius 2 is 2.14 bits per heavy atom. The average Bonchev–Trinajstić information content (AvgIpc) is 2.52. The van der Waals surface area contributed by atoms with E-state index in [1.807, 2.05) is 25.1 Å². The van der Waals surface area contributed by atoms with Crippen molar-refractivity contribution in [2.45, 2.75) is 19.9 Å². The van der Waals surface area contributed by atoms with Crippen LogP contribution >= 0.6 is 11.6 Å². The van der Waals surface area contributed by atoms with E-state index in [4.69, 9.17) is 21.1 Å². The molecule has 0 radical (unpaired) electrons. The first kappa shape index (κ1) is 15.4. The van der Waals surface area contributed by atoms with Crippen molar-refractivity contribution in [1.29, 1.82) is 0 Å². The minimum atomic E-state index is 0.507. The molecule has 0 atom stereocenters. The lowest BCUT2D eigenvalue weighted by Crippen LogP contribution is -2.05. The van der Waals surface area contributed by atoms with Crippen molar-refractivity contribution < 1.29 is 9.47 Å². The summed E-state index contributed by atoms with van der Waals surface area (Å²) in [5, 5.41) is 3.85. The molecular weight excluding hydrogens is 290 g/mol. The molecule has 0 aliphatic rings. The van der Waals surface area contributed by atoms with E-state index in [9.17, 15) is 0 Å². The predicted molar refractivity (Wildman–Crippen MR) is 83.1 cm³/mol. The molecule has 6 heteroatoms. The standard InChI is InChI=1S/C15H18ClN3O2/c1-3-7-21-15-8-14(18-10-19-15)17-9-11-12(16)5-4-6-13(11)20-2/h4-6,8,10H,3,7,9H2,1-2H3,(H,17,18,19). The minimum absolute atomic E-state index is 0.507. The normalized spacial score (nSPS) is 10.2. The number of nitrogens with zero attached hydrogens (tertiary/aromatic N) is 2. The zero-order chi connectivity index (χ0) is 15.1. The van der Waals surface area contributed by atoms with Gasteiger partial charge in [-0.25, -0.2) is 9.97 Å². The molecule has 0 fully saturated rings. The van der Waals surface area contributed by atoms with Crippen molar-refractivity contribution in [2.75, 3.05) is 19.0 Å². The van der Waals surface area contributed by atoms with E-state index >= 15 is 0 Å². The molecular formula is C15H18ClN3O2. The van der Waals surface area contributed by atoms with E-state index < -0.39 is 0 Å². The highest BCUT2D eigenvalue weighted by atomic mass is 35.5. The Morgan fingerprint density at radius 1 is 1.29 bits per heavy atom. The molecule has 1 heterocycles. The number of ether oxygens (including phenoxy) is 2. The van der Waals surface area contributed by atoms with Crippen LogP contribution in [0, 0.1) is 0 Å². The van der Waals surface area contributed by atoms with E-state index in [2.05, 4.69) is 15.3 Å². The summed E-state index contributed by atoms with van der Waals surface area (Å²) in [7, 11) is 1.62. The number of methoxy groups -OCH3 is 1. The van der Waals surface area contributed by atoms with Crippen LogP contribution in [0.2, 0.25) is 5.02 Å². The third kappa shape index (κ3) is 4.23. The van der Waals surface area contributed by atoms with Gasteiger partial charge >= 0.3 is 0 Å². The van der Waals surface area contributed by atoms with Gasteiger partial charge in [0.25, 0.3) is 0 Å². The molecule has 0 aliphatic carbocycles. The molecule has 21 heavy (non-hydrogen) atoms. The zero-order valence-corrected chi connectivity index (χ0v) is 12.9. The number of benzene rings is 1. The number of hydrogen-bond donors (Lipinski definition) is 1. The van der Waals surface area contributed by atoms with Crippen molar-refractivity contribution in [3.8, 4) is 11.6 Å². The maximum absolute atomic E-state index is 6.20. The number of anilines is 1. The third-order valence-electron chi connectivity index (χ3n) is 2.84. The fourth-order valence-corrected chi connectivity index (χ4v) is 2.04. The summed E-state index contributed by atoms with van der Waals surface area (Å²) in [5.74, 6) is 1.98. The lowest BCUT2D eigenvalue weighted by atomic mass is 10.2. The summed E-state index contributed by atoms with van der Waals surface area (Å²) in [5.41, 5.74) is 0.885. The highest BCUT2D eigenvalue weighted by molar-refractivity contribution is 6.31. The van der Waals surface area contributed by atoms with Crippen LogP contribution in [-0.2, 0) is 6.54 Å². The predicted octanol–water partition coefficient (Wildman–Crippen LogP) is 3.54. The molecule has 1 aromatic carbocycles. The Morgan fingerprint density at radius 3 is 2.90 bits per heavy atom. The van der Waals surface area contributed by atoms with Crippen LogP contribution in [0.3, 0.4) is 0 Å². The smallest absolute Gasteiger partial charge is 0.218 e. The van der Waals surface area contributed by atoms with Gasteiger partial charge in [-0.05, 0) is 18.6 Å². The zero-order valence-electron chi connectivity index (χ0n) is 12.1. The molecule has 1 aromatic heterocycles. The van der Waals surface area contributed by atoms with E-state index in [1.54, 1.807) is 13.2 Å². The van der Waals surface area contributed by atoms with Crippen molar-refractivity contribution >= 4 is 17.4 Å². The van der Waals surface area contributed by atoms with E-state index in [0.717, 1.165) is 17.7 Å². The Kier molecular flexibility index (Phi) is 5.63. The molecule has 0 unspecified atom stereocenters. The second-order valence-corrected chi connectivity index (χ2v) is 4.77. The van der Waals surface area contributed by atoms with Gasteiger partial charge in [0.05, 0.1) is 13.7 Å². The van der Waals surface area contributed by atoms with Crippen molar-refractivity contribution in [2.24, 2.45) is 0 Å². The Bertz CT molecular complexity index is 593. The first-order valence-corrected chi connectivity index (χ1v) is 7.12. The van der Waals surface area contributed by atoms with E-state index in [1.165, 1.54) is 6.33 Å². The summed E-state index contributed by atoms with van der Waals surface area (Å²) < 4.78 is 10.8. The van der Waals surface area contributed by atoms with Crippen LogP contribution in [0.1, 0.15) is 18.9 Å². The lowest BCUT2D eigenvalue weighted by Gasteiger charge is -2.12. The van der Waals surface area contributed by atoms with Crippen LogP contribution < -0.4 is 14.8 Å².